The third kappa shape index (κ3) is 4.92. The summed E-state index contributed by atoms with van der Waals surface area (Å²) in [5.74, 6) is 0.329. The molecule has 0 unspecified atom stereocenters. The summed E-state index contributed by atoms with van der Waals surface area (Å²) in [5.41, 5.74) is 1.58. The summed E-state index contributed by atoms with van der Waals surface area (Å²) in [6, 6.07) is 11.1. The smallest absolute Gasteiger partial charge is 0.275 e. The van der Waals surface area contributed by atoms with Crippen molar-refractivity contribution in [2.75, 3.05) is 17.7 Å². The molecule has 3 rings (SSSR count). The number of amides is 1. The first kappa shape index (κ1) is 18.6. The van der Waals surface area contributed by atoms with Gasteiger partial charge in [0.05, 0.1) is 24.5 Å². The molecular weight excluding hydrogens is 371 g/mol. The van der Waals surface area contributed by atoms with Crippen molar-refractivity contribution in [1.29, 1.82) is 0 Å². The van der Waals surface area contributed by atoms with Gasteiger partial charge in [-0.1, -0.05) is 23.7 Å². The molecule has 27 heavy (non-hydrogen) atoms. The monoisotopic (exact) mass is 386 g/mol. The molecule has 0 spiro atoms. The molecule has 0 aliphatic carbocycles. The van der Waals surface area contributed by atoms with Gasteiger partial charge < -0.3 is 15.4 Å². The van der Waals surface area contributed by atoms with E-state index in [1.165, 1.54) is 31.6 Å². The minimum Gasteiger partial charge on any atom is -0.495 e. The van der Waals surface area contributed by atoms with Gasteiger partial charge in [0.25, 0.3) is 5.91 Å². The van der Waals surface area contributed by atoms with E-state index in [4.69, 9.17) is 16.3 Å². The molecule has 3 aromatic rings. The number of halogens is 2. The number of aromatic nitrogens is 2. The van der Waals surface area contributed by atoms with Crippen LogP contribution in [-0.2, 0) is 6.54 Å². The predicted molar refractivity (Wildman–Crippen MR) is 102 cm³/mol. The van der Waals surface area contributed by atoms with Crippen molar-refractivity contribution >= 4 is 29.0 Å². The lowest BCUT2D eigenvalue weighted by Gasteiger charge is -2.08. The SMILES string of the molecule is COc1ccc(NC(=O)c2cnc(NCc3ccc(F)cc3)cn2)cc1Cl. The number of benzene rings is 2. The molecule has 0 saturated carbocycles. The molecule has 1 amide bonds. The number of rotatable bonds is 6. The van der Waals surface area contributed by atoms with Crippen LogP contribution in [0.5, 0.6) is 5.75 Å². The van der Waals surface area contributed by atoms with Crippen molar-refractivity contribution in [3.05, 3.63) is 77.0 Å². The lowest BCUT2D eigenvalue weighted by molar-refractivity contribution is 0.102. The Morgan fingerprint density at radius 1 is 1.15 bits per heavy atom. The summed E-state index contributed by atoms with van der Waals surface area (Å²) >= 11 is 6.04. The van der Waals surface area contributed by atoms with Crippen LogP contribution in [0.4, 0.5) is 15.9 Å². The van der Waals surface area contributed by atoms with E-state index in [9.17, 15) is 9.18 Å². The zero-order valence-electron chi connectivity index (χ0n) is 14.4. The minimum atomic E-state index is -0.409. The predicted octanol–water partition coefficient (Wildman–Crippen LogP) is 4.14. The third-order valence-corrected chi connectivity index (χ3v) is 3.98. The molecule has 0 atom stereocenters. The molecule has 1 aromatic heterocycles. The van der Waals surface area contributed by atoms with Gasteiger partial charge in [-0.2, -0.15) is 0 Å². The van der Waals surface area contributed by atoms with E-state index in [1.807, 2.05) is 0 Å². The largest absolute Gasteiger partial charge is 0.495 e. The van der Waals surface area contributed by atoms with Gasteiger partial charge >= 0.3 is 0 Å². The molecule has 2 N–H and O–H groups in total. The number of hydrogen-bond acceptors (Lipinski definition) is 5. The van der Waals surface area contributed by atoms with Gasteiger partial charge in [0.1, 0.15) is 23.1 Å². The van der Waals surface area contributed by atoms with Gasteiger partial charge in [0.15, 0.2) is 0 Å². The van der Waals surface area contributed by atoms with Crippen LogP contribution in [0.15, 0.2) is 54.9 Å². The summed E-state index contributed by atoms with van der Waals surface area (Å²) < 4.78 is 18.0. The van der Waals surface area contributed by atoms with Crippen molar-refractivity contribution in [1.82, 2.24) is 9.97 Å². The second kappa shape index (κ2) is 8.46. The second-order valence-electron chi connectivity index (χ2n) is 5.57. The lowest BCUT2D eigenvalue weighted by atomic mass is 10.2. The minimum absolute atomic E-state index is 0.161. The topological polar surface area (TPSA) is 76.1 Å². The van der Waals surface area contributed by atoms with Crippen molar-refractivity contribution in [3.63, 3.8) is 0 Å². The fourth-order valence-corrected chi connectivity index (χ4v) is 2.53. The third-order valence-electron chi connectivity index (χ3n) is 3.68. The van der Waals surface area contributed by atoms with Gasteiger partial charge in [-0.25, -0.2) is 14.4 Å². The number of carbonyl (C=O) groups is 1. The van der Waals surface area contributed by atoms with Crippen LogP contribution in [0.3, 0.4) is 0 Å². The Labute approximate surface area is 160 Å². The maximum absolute atomic E-state index is 12.9. The van der Waals surface area contributed by atoms with Gasteiger partial charge in [-0.05, 0) is 35.9 Å². The van der Waals surface area contributed by atoms with Crippen LogP contribution >= 0.6 is 11.6 Å². The van der Waals surface area contributed by atoms with Crippen LogP contribution < -0.4 is 15.4 Å². The molecule has 8 heteroatoms. The summed E-state index contributed by atoms with van der Waals surface area (Å²) in [5, 5.41) is 6.14. The number of hydrogen-bond donors (Lipinski definition) is 2. The zero-order valence-corrected chi connectivity index (χ0v) is 15.1. The summed E-state index contributed by atoms with van der Waals surface area (Å²) in [6.07, 6.45) is 2.83. The maximum atomic E-state index is 12.9. The number of nitrogens with zero attached hydrogens (tertiary/aromatic N) is 2. The van der Waals surface area contributed by atoms with Crippen LogP contribution in [-0.4, -0.2) is 23.0 Å². The Morgan fingerprint density at radius 3 is 2.56 bits per heavy atom. The highest BCUT2D eigenvalue weighted by Gasteiger charge is 2.10. The molecule has 0 fully saturated rings. The Hall–Kier alpha value is -3.19. The molecule has 138 valence electrons. The normalized spacial score (nSPS) is 10.3. The molecule has 0 saturated heterocycles. The maximum Gasteiger partial charge on any atom is 0.275 e. The van der Waals surface area contributed by atoms with Crippen molar-refractivity contribution < 1.29 is 13.9 Å². The van der Waals surface area contributed by atoms with E-state index in [-0.39, 0.29) is 11.5 Å². The zero-order chi connectivity index (χ0) is 19.2. The van der Waals surface area contributed by atoms with Crippen LogP contribution in [0.25, 0.3) is 0 Å². The Balaban J connectivity index is 1.59. The second-order valence-corrected chi connectivity index (χ2v) is 5.98. The summed E-state index contributed by atoms with van der Waals surface area (Å²) in [7, 11) is 1.51. The summed E-state index contributed by atoms with van der Waals surface area (Å²) in [4.78, 5) is 20.5. The number of methoxy groups -OCH3 is 1. The Bertz CT molecular complexity index is 933. The molecular formula is C19H16ClFN4O2. The van der Waals surface area contributed by atoms with Gasteiger partial charge in [-0.15, -0.1) is 0 Å². The molecule has 0 aliphatic rings. The van der Waals surface area contributed by atoms with Crippen molar-refractivity contribution in [2.45, 2.75) is 6.54 Å². The fraction of sp³-hybridized carbons (Fsp3) is 0.105. The van der Waals surface area contributed by atoms with Crippen molar-refractivity contribution in [2.24, 2.45) is 0 Å². The molecule has 0 radical (unpaired) electrons. The standard InChI is InChI=1S/C19H16ClFN4O2/c1-27-17-7-6-14(8-15(17)20)25-19(26)16-10-24-18(11-22-16)23-9-12-2-4-13(21)5-3-12/h2-8,10-11H,9H2,1H3,(H,23,24)(H,25,26). The van der Waals surface area contributed by atoms with Crippen LogP contribution in [0, 0.1) is 5.82 Å². The number of carbonyl (C=O) groups excluding carboxylic acids is 1. The van der Waals surface area contributed by atoms with Crippen LogP contribution in [0.2, 0.25) is 5.02 Å². The first-order valence-corrected chi connectivity index (χ1v) is 8.38. The van der Waals surface area contributed by atoms with Gasteiger partial charge in [-0.3, -0.25) is 4.79 Å². The molecule has 6 nitrogen and oxygen atoms in total. The van der Waals surface area contributed by atoms with Crippen molar-refractivity contribution in [3.8, 4) is 5.75 Å². The van der Waals surface area contributed by atoms with Crippen LogP contribution in [0.1, 0.15) is 16.1 Å². The summed E-state index contributed by atoms with van der Waals surface area (Å²) in [6.45, 7) is 0.463. The number of anilines is 2. The average molecular weight is 387 g/mol. The molecule has 2 aromatic carbocycles. The fourth-order valence-electron chi connectivity index (χ4n) is 2.27. The molecule has 0 bridgehead atoms. The van der Waals surface area contributed by atoms with Gasteiger partial charge in [0.2, 0.25) is 0 Å². The molecule has 1 heterocycles. The highest BCUT2D eigenvalue weighted by molar-refractivity contribution is 6.32. The quantitative estimate of drug-likeness (QED) is 0.665. The first-order chi connectivity index (χ1) is 13.0. The Kier molecular flexibility index (Phi) is 5.83. The van der Waals surface area contributed by atoms with Gasteiger partial charge in [0, 0.05) is 12.2 Å². The van der Waals surface area contributed by atoms with E-state index in [1.54, 1.807) is 30.3 Å². The van der Waals surface area contributed by atoms with E-state index in [2.05, 4.69) is 20.6 Å². The van der Waals surface area contributed by atoms with E-state index < -0.39 is 5.91 Å². The highest BCUT2D eigenvalue weighted by atomic mass is 35.5. The first-order valence-electron chi connectivity index (χ1n) is 8.00. The van der Waals surface area contributed by atoms with E-state index >= 15 is 0 Å². The Morgan fingerprint density at radius 2 is 1.93 bits per heavy atom. The highest BCUT2D eigenvalue weighted by Crippen LogP contribution is 2.27. The van der Waals surface area contributed by atoms with E-state index in [0.717, 1.165) is 5.56 Å². The number of nitrogens with one attached hydrogen (secondary N) is 2. The number of ether oxygens (including phenoxy) is 1. The lowest BCUT2D eigenvalue weighted by Crippen LogP contribution is -2.14. The average Bonchev–Trinajstić information content (AvgIpc) is 2.68. The molecule has 0 aliphatic heterocycles. The van der Waals surface area contributed by atoms with E-state index in [0.29, 0.717) is 28.8 Å².